The molecule has 2 heteroatoms. The third kappa shape index (κ3) is 5.34. The zero-order chi connectivity index (χ0) is 27.3. The van der Waals surface area contributed by atoms with Gasteiger partial charge in [0, 0.05) is 5.66 Å². The van der Waals surface area contributed by atoms with Crippen molar-refractivity contribution in [3.05, 3.63) is 24.3 Å². The highest BCUT2D eigenvalue weighted by molar-refractivity contribution is 7.60. The average Bonchev–Trinajstić information content (AvgIpc) is 3.71. The Morgan fingerprint density at radius 3 is 1.46 bits per heavy atom. The number of rotatable bonds is 8. The smallest absolute Gasteiger partial charge is 0.00415 e. The SMILES string of the molecule is C1=CC(C[C@H]2C[C@]34CC(P(C5CCCCC5)C5CCCCC5)[C@]2(C3)C4)C(P(C2CCCCC2)C2CCCCC2)C=C1. The Morgan fingerprint density at radius 1 is 0.512 bits per heavy atom. The summed E-state index contributed by atoms with van der Waals surface area (Å²) in [6.45, 7) is 0. The average molecular weight is 593 g/mol. The van der Waals surface area contributed by atoms with Crippen molar-refractivity contribution in [1.82, 2.24) is 0 Å². The Hall–Kier alpha value is 0.340. The van der Waals surface area contributed by atoms with Gasteiger partial charge in [-0.2, -0.15) is 0 Å². The highest BCUT2D eigenvalue weighted by Gasteiger charge is 2.76. The van der Waals surface area contributed by atoms with E-state index >= 15 is 0 Å². The predicted molar refractivity (Wildman–Crippen MR) is 182 cm³/mol. The fraction of sp³-hybridized carbons (Fsp3) is 0.897. The van der Waals surface area contributed by atoms with Crippen LogP contribution in [0.4, 0.5) is 0 Å². The highest BCUT2D eigenvalue weighted by Crippen LogP contribution is 2.86. The first-order valence-corrected chi connectivity index (χ1v) is 22.2. The number of hydrogen-bond acceptors (Lipinski definition) is 0. The van der Waals surface area contributed by atoms with E-state index in [1.807, 2.05) is 0 Å². The van der Waals surface area contributed by atoms with Crippen LogP contribution in [0.2, 0.25) is 0 Å². The quantitative estimate of drug-likeness (QED) is 0.246. The Kier molecular flexibility index (Phi) is 8.61. The Labute approximate surface area is 256 Å². The normalized spacial score (nSPS) is 42.4. The summed E-state index contributed by atoms with van der Waals surface area (Å²) in [6.07, 6.45) is 50.2. The number of fused-ring (bicyclic) bond motifs is 2. The summed E-state index contributed by atoms with van der Waals surface area (Å²) in [5, 5.41) is 0. The van der Waals surface area contributed by atoms with Gasteiger partial charge in [-0.3, -0.25) is 0 Å². The molecule has 0 N–H and O–H groups in total. The highest BCUT2D eigenvalue weighted by atomic mass is 31.1. The molecule has 0 heterocycles. The molecule has 0 saturated heterocycles. The van der Waals surface area contributed by atoms with Gasteiger partial charge in [-0.05, 0) is 134 Å². The molecule has 4 atom stereocenters. The van der Waals surface area contributed by atoms with Crippen LogP contribution in [0.5, 0.6) is 0 Å². The lowest BCUT2D eigenvalue weighted by Crippen LogP contribution is -2.40. The van der Waals surface area contributed by atoms with Crippen LogP contribution < -0.4 is 0 Å². The molecule has 41 heavy (non-hydrogen) atoms. The van der Waals surface area contributed by atoms with E-state index in [4.69, 9.17) is 0 Å². The maximum Gasteiger partial charge on any atom is 0.00415 e. The minimum atomic E-state index is 0.135. The molecule has 228 valence electrons. The molecule has 0 aliphatic heterocycles. The molecule has 9 saturated carbocycles. The minimum absolute atomic E-state index is 0.135. The summed E-state index contributed by atoms with van der Waals surface area (Å²) in [7, 11) is 0.388. The van der Waals surface area contributed by atoms with Crippen LogP contribution in [-0.2, 0) is 0 Å². The standard InChI is InChI=1S/C39H62P2/c1-5-16-32(17-6-1)40(33-18-7-2-8-19-33)36-24-14-13-15-30(36)25-31-26-38-27-37(39(31,28-38)29-38)41(34-20-9-3-10-21-34)35-22-11-4-12-23-35/h13-15,24,30-37H,1-12,16-23,25-29H2/t30?,31-,36?,37?,38-,39+/m0/s1. The summed E-state index contributed by atoms with van der Waals surface area (Å²) in [6, 6.07) is 0. The van der Waals surface area contributed by atoms with Crippen molar-refractivity contribution in [3.63, 3.8) is 0 Å². The molecule has 0 aromatic heterocycles. The maximum atomic E-state index is 2.81. The predicted octanol–water partition coefficient (Wildman–Crippen LogP) is 12.3. The molecule has 0 aromatic carbocycles. The fourth-order valence-corrected chi connectivity index (χ4v) is 22.8. The molecule has 2 bridgehead atoms. The van der Waals surface area contributed by atoms with Crippen molar-refractivity contribution < 1.29 is 0 Å². The molecule has 0 amide bonds. The van der Waals surface area contributed by atoms with Crippen molar-refractivity contribution >= 4 is 15.8 Å². The number of hydrogen-bond donors (Lipinski definition) is 0. The van der Waals surface area contributed by atoms with Crippen LogP contribution in [0.15, 0.2) is 24.3 Å². The van der Waals surface area contributed by atoms with Gasteiger partial charge in [0.2, 0.25) is 0 Å². The molecule has 0 radical (unpaired) electrons. The molecule has 0 spiro atoms. The van der Waals surface area contributed by atoms with E-state index in [-0.39, 0.29) is 15.8 Å². The van der Waals surface area contributed by atoms with E-state index in [2.05, 4.69) is 24.3 Å². The van der Waals surface area contributed by atoms with E-state index in [0.717, 1.165) is 51.0 Å². The second-order valence-corrected chi connectivity index (χ2v) is 22.9. The summed E-state index contributed by atoms with van der Waals surface area (Å²) >= 11 is 0. The summed E-state index contributed by atoms with van der Waals surface area (Å²) in [5.41, 5.74) is 8.23. The van der Waals surface area contributed by atoms with Crippen molar-refractivity contribution in [1.29, 1.82) is 0 Å². The maximum absolute atomic E-state index is 2.81. The minimum Gasteiger partial charge on any atom is -0.0966 e. The van der Waals surface area contributed by atoms with Crippen molar-refractivity contribution in [2.45, 2.75) is 194 Å². The first-order valence-electron chi connectivity index (χ1n) is 19.1. The van der Waals surface area contributed by atoms with Gasteiger partial charge in [0.05, 0.1) is 0 Å². The van der Waals surface area contributed by atoms with Gasteiger partial charge >= 0.3 is 0 Å². The molecule has 10 aliphatic rings. The van der Waals surface area contributed by atoms with Crippen LogP contribution in [-0.4, -0.2) is 34.0 Å². The lowest BCUT2D eigenvalue weighted by atomic mass is 9.66. The van der Waals surface area contributed by atoms with E-state index < -0.39 is 0 Å². The Bertz CT molecular complexity index is 899. The first kappa shape index (κ1) is 28.8. The van der Waals surface area contributed by atoms with Gasteiger partial charge in [-0.25, -0.2) is 0 Å². The second kappa shape index (κ2) is 12.3. The van der Waals surface area contributed by atoms with E-state index in [1.165, 1.54) is 44.2 Å². The molecule has 9 fully saturated rings. The molecule has 0 aromatic rings. The van der Waals surface area contributed by atoms with E-state index in [1.54, 1.807) is 122 Å². The summed E-state index contributed by atoms with van der Waals surface area (Å²) in [4.78, 5) is 0. The summed E-state index contributed by atoms with van der Waals surface area (Å²) in [5.74, 6) is 1.96. The molecule has 10 rings (SSSR count). The fourth-order valence-electron chi connectivity index (χ4n) is 13.2. The Morgan fingerprint density at radius 2 is 0.976 bits per heavy atom. The second-order valence-electron chi connectivity index (χ2n) is 16.9. The summed E-state index contributed by atoms with van der Waals surface area (Å²) < 4.78 is 0. The zero-order valence-electron chi connectivity index (χ0n) is 26.5. The molecular formula is C39H62P2. The van der Waals surface area contributed by atoms with Gasteiger partial charge in [0.15, 0.2) is 0 Å². The monoisotopic (exact) mass is 592 g/mol. The van der Waals surface area contributed by atoms with Gasteiger partial charge in [0.1, 0.15) is 0 Å². The largest absolute Gasteiger partial charge is 0.0966 e. The van der Waals surface area contributed by atoms with Gasteiger partial charge in [-0.15, -0.1) is 0 Å². The van der Waals surface area contributed by atoms with Crippen LogP contribution >= 0.6 is 15.8 Å². The molecule has 3 unspecified atom stereocenters. The van der Waals surface area contributed by atoms with Gasteiger partial charge < -0.3 is 0 Å². The number of allylic oxidation sites excluding steroid dienone is 4. The third-order valence-electron chi connectivity index (χ3n) is 14.7. The van der Waals surface area contributed by atoms with Crippen LogP contribution in [0.1, 0.15) is 161 Å². The van der Waals surface area contributed by atoms with Crippen molar-refractivity contribution in [3.8, 4) is 0 Å². The van der Waals surface area contributed by atoms with E-state index in [0.29, 0.717) is 0 Å². The van der Waals surface area contributed by atoms with Gasteiger partial charge in [-0.1, -0.05) is 117 Å². The zero-order valence-corrected chi connectivity index (χ0v) is 28.3. The third-order valence-corrected chi connectivity index (χ3v) is 22.8. The van der Waals surface area contributed by atoms with Crippen LogP contribution in [0, 0.1) is 22.7 Å². The van der Waals surface area contributed by atoms with Crippen molar-refractivity contribution in [2.75, 3.05) is 0 Å². The molecule has 0 nitrogen and oxygen atoms in total. The lowest BCUT2D eigenvalue weighted by molar-refractivity contribution is 0.115. The van der Waals surface area contributed by atoms with Crippen LogP contribution in [0.25, 0.3) is 0 Å². The lowest BCUT2D eigenvalue weighted by Gasteiger charge is -2.51. The first-order chi connectivity index (χ1) is 20.2. The molecular weight excluding hydrogens is 530 g/mol. The Balaban J connectivity index is 1.04. The topological polar surface area (TPSA) is 0 Å². The van der Waals surface area contributed by atoms with Crippen molar-refractivity contribution in [2.24, 2.45) is 22.7 Å². The van der Waals surface area contributed by atoms with Crippen LogP contribution in [0.3, 0.4) is 0 Å². The van der Waals surface area contributed by atoms with E-state index in [9.17, 15) is 0 Å². The van der Waals surface area contributed by atoms with Gasteiger partial charge in [0.25, 0.3) is 0 Å². The molecule has 10 aliphatic carbocycles.